The van der Waals surface area contributed by atoms with E-state index in [1.54, 1.807) is 0 Å². The molecule has 8 heteroatoms. The number of aliphatic hydroxyl groups is 1. The first-order valence-electron chi connectivity index (χ1n) is 5.36. The van der Waals surface area contributed by atoms with Gasteiger partial charge in [0.05, 0.1) is 18.6 Å². The zero-order valence-electron chi connectivity index (χ0n) is 9.59. The summed E-state index contributed by atoms with van der Waals surface area (Å²) in [4.78, 5) is 14.9. The summed E-state index contributed by atoms with van der Waals surface area (Å²) in [6.45, 7) is 0.723. The minimum atomic E-state index is -3.27. The molecule has 100 valence electrons. The van der Waals surface area contributed by atoms with E-state index >= 15 is 0 Å². The van der Waals surface area contributed by atoms with Gasteiger partial charge >= 0.3 is 5.69 Å². The molecule has 1 fully saturated rings. The van der Waals surface area contributed by atoms with Crippen LogP contribution in [0.25, 0.3) is 0 Å². The number of rotatable bonds is 2. The molecular weight excluding hydrogens is 248 g/mol. The Labute approximate surface area is 101 Å². The SMILES string of the molecule is CC1[C@@H](CO)O[C@@H](n2ccc(N)nc2=O)C1(F)F. The molecule has 6 nitrogen and oxygen atoms in total. The first-order chi connectivity index (χ1) is 8.37. The number of anilines is 1. The predicted octanol–water partition coefficient (Wildman–Crippen LogP) is -0.0134. The number of alkyl halides is 2. The molecule has 1 aliphatic rings. The summed E-state index contributed by atoms with van der Waals surface area (Å²) in [6, 6.07) is 1.23. The van der Waals surface area contributed by atoms with Gasteiger partial charge in [0.25, 0.3) is 5.92 Å². The van der Waals surface area contributed by atoms with Crippen molar-refractivity contribution in [3.63, 3.8) is 0 Å². The zero-order chi connectivity index (χ0) is 13.5. The highest BCUT2D eigenvalue weighted by Crippen LogP contribution is 2.45. The molecule has 3 atom stereocenters. The first kappa shape index (κ1) is 12.9. The van der Waals surface area contributed by atoms with Gasteiger partial charge in [-0.25, -0.2) is 13.6 Å². The van der Waals surface area contributed by atoms with Crippen LogP contribution in [0.1, 0.15) is 13.2 Å². The lowest BCUT2D eigenvalue weighted by atomic mass is 10.00. The van der Waals surface area contributed by atoms with E-state index in [0.717, 1.165) is 6.20 Å². The summed E-state index contributed by atoms with van der Waals surface area (Å²) in [5.41, 5.74) is 4.37. The summed E-state index contributed by atoms with van der Waals surface area (Å²) in [7, 11) is 0. The van der Waals surface area contributed by atoms with Crippen LogP contribution < -0.4 is 11.4 Å². The van der Waals surface area contributed by atoms with Crippen LogP contribution in [0.3, 0.4) is 0 Å². The highest BCUT2D eigenvalue weighted by molar-refractivity contribution is 5.23. The van der Waals surface area contributed by atoms with Gasteiger partial charge in [0.1, 0.15) is 5.82 Å². The molecule has 0 bridgehead atoms. The lowest BCUT2D eigenvalue weighted by Crippen LogP contribution is -2.37. The monoisotopic (exact) mass is 261 g/mol. The van der Waals surface area contributed by atoms with E-state index in [0.29, 0.717) is 4.57 Å². The van der Waals surface area contributed by atoms with E-state index in [2.05, 4.69) is 4.98 Å². The van der Waals surface area contributed by atoms with Crippen LogP contribution in [0.15, 0.2) is 17.1 Å². The fraction of sp³-hybridized carbons (Fsp3) is 0.600. The van der Waals surface area contributed by atoms with Gasteiger partial charge in [-0.1, -0.05) is 6.92 Å². The maximum atomic E-state index is 14.0. The number of halogens is 2. The van der Waals surface area contributed by atoms with Crippen LogP contribution in [-0.4, -0.2) is 33.3 Å². The van der Waals surface area contributed by atoms with Crippen molar-refractivity contribution in [3.8, 4) is 0 Å². The Balaban J connectivity index is 2.42. The average molecular weight is 261 g/mol. The van der Waals surface area contributed by atoms with Gasteiger partial charge in [-0.2, -0.15) is 4.98 Å². The second-order valence-electron chi connectivity index (χ2n) is 4.21. The van der Waals surface area contributed by atoms with E-state index in [4.69, 9.17) is 15.6 Å². The third kappa shape index (κ3) is 1.87. The number of ether oxygens (including phenoxy) is 1. The maximum absolute atomic E-state index is 14.0. The molecule has 1 unspecified atom stereocenters. The Morgan fingerprint density at radius 3 is 2.83 bits per heavy atom. The average Bonchev–Trinajstić information content (AvgIpc) is 2.52. The minimum Gasteiger partial charge on any atom is -0.394 e. The molecule has 0 spiro atoms. The Kier molecular flexibility index (Phi) is 3.07. The molecule has 2 rings (SSSR count). The molecular formula is C10H13F2N3O3. The quantitative estimate of drug-likeness (QED) is 0.781. The molecule has 0 amide bonds. The molecule has 0 aromatic carbocycles. The summed E-state index contributed by atoms with van der Waals surface area (Å²) < 4.78 is 33.6. The van der Waals surface area contributed by atoms with Crippen LogP contribution in [0.5, 0.6) is 0 Å². The summed E-state index contributed by atoms with van der Waals surface area (Å²) in [6.07, 6.45) is -1.69. The molecule has 0 radical (unpaired) electrons. The molecule has 1 saturated heterocycles. The van der Waals surface area contributed by atoms with Crippen molar-refractivity contribution in [3.05, 3.63) is 22.7 Å². The largest absolute Gasteiger partial charge is 0.394 e. The molecule has 0 saturated carbocycles. The van der Waals surface area contributed by atoms with Crippen molar-refractivity contribution in [1.29, 1.82) is 0 Å². The minimum absolute atomic E-state index is 0.0516. The zero-order valence-corrected chi connectivity index (χ0v) is 9.59. The van der Waals surface area contributed by atoms with Crippen LogP contribution in [0.4, 0.5) is 14.6 Å². The molecule has 3 N–H and O–H groups in total. The molecule has 1 aromatic rings. The van der Waals surface area contributed by atoms with Gasteiger partial charge < -0.3 is 15.6 Å². The van der Waals surface area contributed by atoms with Gasteiger partial charge in [-0.15, -0.1) is 0 Å². The van der Waals surface area contributed by atoms with E-state index in [9.17, 15) is 13.6 Å². The van der Waals surface area contributed by atoms with Crippen LogP contribution in [0, 0.1) is 5.92 Å². The van der Waals surface area contributed by atoms with Gasteiger partial charge in [-0.3, -0.25) is 4.57 Å². The molecule has 1 aromatic heterocycles. The first-order valence-corrected chi connectivity index (χ1v) is 5.36. The lowest BCUT2D eigenvalue weighted by molar-refractivity contribution is -0.126. The van der Waals surface area contributed by atoms with Crippen LogP contribution in [0.2, 0.25) is 0 Å². The van der Waals surface area contributed by atoms with E-state index in [1.165, 1.54) is 13.0 Å². The van der Waals surface area contributed by atoms with Crippen molar-refractivity contribution in [2.75, 3.05) is 12.3 Å². The van der Waals surface area contributed by atoms with Crippen molar-refractivity contribution in [2.24, 2.45) is 5.92 Å². The second kappa shape index (κ2) is 4.29. The smallest absolute Gasteiger partial charge is 0.351 e. The number of nitrogens with two attached hydrogens (primary N) is 1. The fourth-order valence-corrected chi connectivity index (χ4v) is 1.90. The standard InChI is InChI=1S/C10H13F2N3O3/c1-5-6(4-16)18-8(10(5,11)12)15-3-2-7(13)14-9(15)17/h2-3,5-6,8,16H,4H2,1H3,(H2,13,14,17)/t5?,6-,8-/m1/s1. The maximum Gasteiger partial charge on any atom is 0.351 e. The van der Waals surface area contributed by atoms with Gasteiger partial charge in [0, 0.05) is 6.20 Å². The number of aromatic nitrogens is 2. The van der Waals surface area contributed by atoms with Crippen molar-refractivity contribution < 1.29 is 18.6 Å². The number of nitrogen functional groups attached to an aromatic ring is 1. The lowest BCUT2D eigenvalue weighted by Gasteiger charge is -2.21. The number of hydrogen-bond acceptors (Lipinski definition) is 5. The number of aliphatic hydroxyl groups excluding tert-OH is 1. The fourth-order valence-electron chi connectivity index (χ4n) is 1.90. The van der Waals surface area contributed by atoms with Crippen LogP contribution in [-0.2, 0) is 4.74 Å². The van der Waals surface area contributed by atoms with Crippen molar-refractivity contribution in [1.82, 2.24) is 9.55 Å². The predicted molar refractivity (Wildman–Crippen MR) is 58.0 cm³/mol. The highest BCUT2D eigenvalue weighted by atomic mass is 19.3. The second-order valence-corrected chi connectivity index (χ2v) is 4.21. The number of hydrogen-bond donors (Lipinski definition) is 2. The third-order valence-corrected chi connectivity index (χ3v) is 3.08. The summed E-state index contributed by atoms with van der Waals surface area (Å²) in [5, 5.41) is 8.97. The van der Waals surface area contributed by atoms with E-state index in [1.807, 2.05) is 0 Å². The summed E-state index contributed by atoms with van der Waals surface area (Å²) in [5.74, 6) is -4.52. The Bertz CT molecular complexity index is 505. The highest BCUT2D eigenvalue weighted by Gasteiger charge is 2.57. The van der Waals surface area contributed by atoms with Crippen molar-refractivity contribution in [2.45, 2.75) is 25.2 Å². The molecule has 18 heavy (non-hydrogen) atoms. The topological polar surface area (TPSA) is 90.4 Å². The Morgan fingerprint density at radius 1 is 1.67 bits per heavy atom. The molecule has 0 aliphatic carbocycles. The van der Waals surface area contributed by atoms with E-state index in [-0.39, 0.29) is 5.82 Å². The molecule has 2 heterocycles. The Hall–Kier alpha value is -1.54. The van der Waals surface area contributed by atoms with Gasteiger partial charge in [0.2, 0.25) is 6.23 Å². The van der Waals surface area contributed by atoms with E-state index < -0.39 is 36.5 Å². The Morgan fingerprint density at radius 2 is 2.33 bits per heavy atom. The molecule has 1 aliphatic heterocycles. The normalized spacial score (nSPS) is 30.6. The summed E-state index contributed by atoms with van der Waals surface area (Å²) >= 11 is 0. The van der Waals surface area contributed by atoms with Crippen LogP contribution >= 0.6 is 0 Å². The number of nitrogens with zero attached hydrogens (tertiary/aromatic N) is 2. The van der Waals surface area contributed by atoms with Crippen molar-refractivity contribution >= 4 is 5.82 Å². The van der Waals surface area contributed by atoms with Gasteiger partial charge in [-0.05, 0) is 6.07 Å². The third-order valence-electron chi connectivity index (χ3n) is 3.08. The van der Waals surface area contributed by atoms with Gasteiger partial charge in [0.15, 0.2) is 0 Å².